The van der Waals surface area contributed by atoms with Gasteiger partial charge in [0.1, 0.15) is 5.41 Å². The molecule has 1 N–H and O–H groups in total. The number of hydrogen-bond acceptors (Lipinski definition) is 3. The van der Waals surface area contributed by atoms with Crippen LogP contribution in [0, 0.1) is 6.92 Å². The van der Waals surface area contributed by atoms with Crippen LogP contribution in [0.15, 0.2) is 0 Å². The Hall–Kier alpha value is -0.900. The third-order valence-electron chi connectivity index (χ3n) is 2.43. The van der Waals surface area contributed by atoms with Gasteiger partial charge in [0.2, 0.25) is 0 Å². The second kappa shape index (κ2) is 4.31. The molecule has 0 bridgehead atoms. The first-order chi connectivity index (χ1) is 6.89. The van der Waals surface area contributed by atoms with E-state index in [2.05, 4.69) is 11.9 Å². The molecule has 0 unspecified atom stereocenters. The lowest BCUT2D eigenvalue weighted by Crippen LogP contribution is -2.29. The quantitative estimate of drug-likeness (QED) is 0.860. The molecule has 4 heteroatoms. The van der Waals surface area contributed by atoms with Gasteiger partial charge in [-0.3, -0.25) is 4.79 Å². The fourth-order valence-electron chi connectivity index (χ4n) is 1.45. The van der Waals surface area contributed by atoms with Crippen molar-refractivity contribution >= 4 is 17.3 Å². The smallest absolute Gasteiger partial charge is 0.315 e. The molecule has 0 spiro atoms. The molecule has 0 aliphatic heterocycles. The highest BCUT2D eigenvalue weighted by atomic mass is 32.1. The average Bonchev–Trinajstić information content (AvgIpc) is 2.47. The minimum absolute atomic E-state index is 0.712. The van der Waals surface area contributed by atoms with Crippen molar-refractivity contribution in [2.24, 2.45) is 0 Å². The summed E-state index contributed by atoms with van der Waals surface area (Å²) in [5, 5.41) is 10.2. The second-order valence-electron chi connectivity index (χ2n) is 4.19. The van der Waals surface area contributed by atoms with Gasteiger partial charge in [0.05, 0.1) is 10.7 Å². The molecule has 0 radical (unpaired) electrons. The fraction of sp³-hybridized carbons (Fsp3) is 0.636. The van der Waals surface area contributed by atoms with E-state index in [1.54, 1.807) is 25.2 Å². The minimum atomic E-state index is -0.882. The summed E-state index contributed by atoms with van der Waals surface area (Å²) in [6.07, 6.45) is 1.97. The predicted molar refractivity (Wildman–Crippen MR) is 61.5 cm³/mol. The number of carboxylic acid groups (broad SMARTS) is 1. The van der Waals surface area contributed by atoms with Crippen LogP contribution in [0.5, 0.6) is 0 Å². The summed E-state index contributed by atoms with van der Waals surface area (Å²) in [4.78, 5) is 16.6. The molecule has 0 atom stereocenters. The van der Waals surface area contributed by atoms with Crippen molar-refractivity contribution in [1.29, 1.82) is 0 Å². The highest BCUT2D eigenvalue weighted by Crippen LogP contribution is 2.30. The zero-order valence-corrected chi connectivity index (χ0v) is 10.4. The first-order valence-electron chi connectivity index (χ1n) is 5.09. The topological polar surface area (TPSA) is 50.2 Å². The Bertz CT molecular complexity index is 369. The van der Waals surface area contributed by atoms with Gasteiger partial charge in [0.25, 0.3) is 0 Å². The molecule has 1 heterocycles. The van der Waals surface area contributed by atoms with E-state index in [4.69, 9.17) is 5.11 Å². The Morgan fingerprint density at radius 3 is 2.60 bits per heavy atom. The molecule has 3 nitrogen and oxygen atoms in total. The Morgan fingerprint density at radius 1 is 1.53 bits per heavy atom. The van der Waals surface area contributed by atoms with Crippen LogP contribution in [-0.4, -0.2) is 16.1 Å². The van der Waals surface area contributed by atoms with Crippen LogP contribution >= 0.6 is 11.3 Å². The molecular weight excluding hydrogens is 210 g/mol. The summed E-state index contributed by atoms with van der Waals surface area (Å²) >= 11 is 1.61. The van der Waals surface area contributed by atoms with Crippen LogP contribution < -0.4 is 0 Å². The van der Waals surface area contributed by atoms with Gasteiger partial charge < -0.3 is 5.11 Å². The van der Waals surface area contributed by atoms with Crippen molar-refractivity contribution in [2.45, 2.75) is 46.0 Å². The molecule has 84 valence electrons. The number of nitrogens with zero attached hydrogens (tertiary/aromatic N) is 1. The van der Waals surface area contributed by atoms with Gasteiger partial charge in [-0.15, -0.1) is 11.3 Å². The third kappa shape index (κ3) is 2.37. The van der Waals surface area contributed by atoms with E-state index in [1.165, 1.54) is 0 Å². The van der Waals surface area contributed by atoms with Gasteiger partial charge >= 0.3 is 5.97 Å². The minimum Gasteiger partial charge on any atom is -0.481 e. The predicted octanol–water partition coefficient (Wildman–Crippen LogP) is 2.77. The van der Waals surface area contributed by atoms with E-state index < -0.39 is 11.4 Å². The zero-order chi connectivity index (χ0) is 11.6. The number of aryl methyl sites for hydroxylation is 2. The number of thiazole rings is 1. The van der Waals surface area contributed by atoms with Crippen molar-refractivity contribution in [3.63, 3.8) is 0 Å². The third-order valence-corrected chi connectivity index (χ3v) is 3.46. The number of aliphatic carboxylic acids is 1. The maximum Gasteiger partial charge on any atom is 0.315 e. The molecule has 15 heavy (non-hydrogen) atoms. The SMILES string of the molecule is CCCc1nc(C(C)(C)C(=O)O)c(C)s1. The summed E-state index contributed by atoms with van der Waals surface area (Å²) in [7, 11) is 0. The molecule has 0 amide bonds. The molecule has 0 aliphatic rings. The van der Waals surface area contributed by atoms with E-state index in [0.29, 0.717) is 5.69 Å². The van der Waals surface area contributed by atoms with E-state index in [0.717, 1.165) is 22.7 Å². The summed E-state index contributed by atoms with van der Waals surface area (Å²) in [5.41, 5.74) is -0.171. The number of rotatable bonds is 4. The molecule has 1 aromatic heterocycles. The molecule has 0 saturated heterocycles. The Balaban J connectivity index is 3.09. The van der Waals surface area contributed by atoms with Crippen LogP contribution in [0.4, 0.5) is 0 Å². The first-order valence-corrected chi connectivity index (χ1v) is 5.91. The van der Waals surface area contributed by atoms with Gasteiger partial charge in [0, 0.05) is 4.88 Å². The number of hydrogen-bond donors (Lipinski definition) is 1. The van der Waals surface area contributed by atoms with Gasteiger partial charge in [-0.25, -0.2) is 4.98 Å². The van der Waals surface area contributed by atoms with Crippen molar-refractivity contribution in [2.75, 3.05) is 0 Å². The monoisotopic (exact) mass is 227 g/mol. The lowest BCUT2D eigenvalue weighted by molar-refractivity contribution is -0.142. The molecule has 0 aliphatic carbocycles. The molecule has 1 aromatic rings. The average molecular weight is 227 g/mol. The molecule has 0 saturated carbocycles. The van der Waals surface area contributed by atoms with Crippen molar-refractivity contribution < 1.29 is 9.90 Å². The Morgan fingerprint density at radius 2 is 2.13 bits per heavy atom. The van der Waals surface area contributed by atoms with Gasteiger partial charge in [0.15, 0.2) is 0 Å². The number of carboxylic acids is 1. The highest BCUT2D eigenvalue weighted by Gasteiger charge is 2.33. The molecule has 0 aromatic carbocycles. The molecule has 0 fully saturated rings. The van der Waals surface area contributed by atoms with Crippen LogP contribution in [0.3, 0.4) is 0 Å². The van der Waals surface area contributed by atoms with E-state index >= 15 is 0 Å². The van der Waals surface area contributed by atoms with E-state index in [1.807, 2.05) is 6.92 Å². The largest absolute Gasteiger partial charge is 0.481 e. The van der Waals surface area contributed by atoms with Crippen molar-refractivity contribution in [1.82, 2.24) is 4.98 Å². The number of aromatic nitrogens is 1. The summed E-state index contributed by atoms with van der Waals surface area (Å²) in [6, 6.07) is 0. The summed E-state index contributed by atoms with van der Waals surface area (Å²) in [5.74, 6) is -0.820. The lowest BCUT2D eigenvalue weighted by atomic mass is 9.89. The van der Waals surface area contributed by atoms with Crippen molar-refractivity contribution in [3.8, 4) is 0 Å². The maximum atomic E-state index is 11.1. The lowest BCUT2D eigenvalue weighted by Gasteiger charge is -2.17. The molecule has 1 rings (SSSR count). The van der Waals surface area contributed by atoms with Crippen LogP contribution in [0.2, 0.25) is 0 Å². The normalized spacial score (nSPS) is 11.7. The van der Waals surface area contributed by atoms with Crippen LogP contribution in [0.1, 0.15) is 42.8 Å². The maximum absolute atomic E-state index is 11.1. The highest BCUT2D eigenvalue weighted by molar-refractivity contribution is 7.11. The number of carbonyl (C=O) groups is 1. The van der Waals surface area contributed by atoms with Crippen molar-refractivity contribution in [3.05, 3.63) is 15.6 Å². The zero-order valence-electron chi connectivity index (χ0n) is 9.63. The van der Waals surface area contributed by atoms with Gasteiger partial charge in [-0.05, 0) is 33.6 Å². The molecular formula is C11H17NO2S. The van der Waals surface area contributed by atoms with Crippen LogP contribution in [-0.2, 0) is 16.6 Å². The Kier molecular flexibility index (Phi) is 3.50. The Labute approximate surface area is 94.2 Å². The van der Waals surface area contributed by atoms with Crippen LogP contribution in [0.25, 0.3) is 0 Å². The summed E-state index contributed by atoms with van der Waals surface area (Å²) < 4.78 is 0. The van der Waals surface area contributed by atoms with Gasteiger partial charge in [-0.1, -0.05) is 6.92 Å². The van der Waals surface area contributed by atoms with E-state index in [9.17, 15) is 4.79 Å². The fourth-order valence-corrected chi connectivity index (χ4v) is 2.65. The standard InChI is InChI=1S/C11H17NO2S/c1-5-6-8-12-9(7(2)15-8)11(3,4)10(13)14/h5-6H2,1-4H3,(H,13,14). The van der Waals surface area contributed by atoms with Gasteiger partial charge in [-0.2, -0.15) is 0 Å². The van der Waals surface area contributed by atoms with E-state index in [-0.39, 0.29) is 0 Å². The second-order valence-corrected chi connectivity index (χ2v) is 5.48. The first kappa shape index (κ1) is 12.2. The summed E-state index contributed by atoms with van der Waals surface area (Å²) in [6.45, 7) is 7.44.